The Morgan fingerprint density at radius 1 is 0.400 bits per heavy atom. The van der Waals surface area contributed by atoms with Crippen LogP contribution in [-0.2, 0) is 65.4 Å². The number of aliphatic carboxylic acids is 2. The fraction of sp³-hybridized carbons (Fsp3) is 0.156. The topological polar surface area (TPSA) is 318 Å². The van der Waals surface area contributed by atoms with E-state index in [1.807, 2.05) is 80.6 Å². The van der Waals surface area contributed by atoms with E-state index in [1.165, 1.54) is 12.1 Å². The summed E-state index contributed by atoms with van der Waals surface area (Å²) >= 11 is 23.3. The first-order valence-corrected chi connectivity index (χ1v) is 32.9. The molecule has 548 valence electrons. The van der Waals surface area contributed by atoms with Gasteiger partial charge in [-0.2, -0.15) is 0 Å². The smallest absolute Gasteiger partial charge is 0.335 e. The van der Waals surface area contributed by atoms with Crippen LogP contribution in [0, 0.1) is 19.3 Å². The van der Waals surface area contributed by atoms with Crippen molar-refractivity contribution < 1.29 is 91.9 Å². The fourth-order valence-corrected chi connectivity index (χ4v) is 9.72. The number of aromatic nitrogens is 6. The molecular formula is C77H69Cl5N7O15Pd-. The third kappa shape index (κ3) is 28.6. The van der Waals surface area contributed by atoms with E-state index in [4.69, 9.17) is 104 Å². The number of carbonyl (C=O) groups excluding carboxylic acids is 1. The Kier molecular flexibility index (Phi) is 33.7. The number of hydrogen-bond donors (Lipinski definition) is 4. The largest absolute Gasteiger partial charge is 0.481 e. The second-order valence-electron chi connectivity index (χ2n) is 22.8. The van der Waals surface area contributed by atoms with Gasteiger partial charge in [-0.3, -0.25) is 14.4 Å². The van der Waals surface area contributed by atoms with Crippen LogP contribution in [0.25, 0.3) is 34.4 Å². The van der Waals surface area contributed by atoms with Crippen LogP contribution >= 0.6 is 58.8 Å². The summed E-state index contributed by atoms with van der Waals surface area (Å²) in [5.74, 6) is 4.58. The summed E-state index contributed by atoms with van der Waals surface area (Å²) in [6, 6.07) is 65.3. The molecule has 0 bridgehead atoms. The molecule has 0 aliphatic carbocycles. The van der Waals surface area contributed by atoms with Crippen molar-refractivity contribution in [3.63, 3.8) is 0 Å². The van der Waals surface area contributed by atoms with Crippen molar-refractivity contribution in [3.8, 4) is 80.4 Å². The minimum atomic E-state index is -0.964. The third-order valence-electron chi connectivity index (χ3n) is 14.2. The Balaban J connectivity index is 0.000000222. The van der Waals surface area contributed by atoms with Gasteiger partial charge in [0.2, 0.25) is 35.3 Å². The molecule has 0 saturated heterocycles. The molecular weight excluding hydrogens is 1550 g/mol. The Labute approximate surface area is 644 Å². The number of benzene rings is 9. The van der Waals surface area contributed by atoms with Gasteiger partial charge in [0.25, 0.3) is 0 Å². The van der Waals surface area contributed by atoms with E-state index in [9.17, 15) is 19.2 Å². The van der Waals surface area contributed by atoms with Crippen LogP contribution in [0.1, 0.15) is 66.7 Å². The number of rotatable bonds is 26. The second kappa shape index (κ2) is 42.4. The van der Waals surface area contributed by atoms with Crippen LogP contribution in [0.15, 0.2) is 238 Å². The van der Waals surface area contributed by atoms with E-state index < -0.39 is 23.9 Å². The van der Waals surface area contributed by atoms with Crippen molar-refractivity contribution in [2.24, 2.45) is 17.6 Å². The SMILES string of the molecule is C[C@@H](CC(=O)O)Cc1nnc(-c2ccc(Oc3ccc(Cl)cc3)cc2)o1.C[C@@H](CC(=O)OCc1ccccc1)Cc1nnc(-c2ccc(Oc3ccc(Cl)cc3)cc2)o1.Cl.N[C@@H](CC(=O)O)Cc1nnc(-c2ccc(Oc3ccc(Cl)cc3)cc2)o1.O=C(O)c1ccc(Oc2ccc(Cl)cc2)cc1.[CH3-].[Pd]. The van der Waals surface area contributed by atoms with E-state index in [0.29, 0.717) is 114 Å². The van der Waals surface area contributed by atoms with Gasteiger partial charge < -0.3 is 65.4 Å². The van der Waals surface area contributed by atoms with Crippen molar-refractivity contribution in [2.75, 3.05) is 0 Å². The molecule has 3 atom stereocenters. The van der Waals surface area contributed by atoms with Gasteiger partial charge in [0.15, 0.2) is 0 Å². The molecule has 0 radical (unpaired) electrons. The van der Waals surface area contributed by atoms with Crippen molar-refractivity contribution in [3.05, 3.63) is 281 Å². The fourth-order valence-electron chi connectivity index (χ4n) is 9.22. The van der Waals surface area contributed by atoms with Gasteiger partial charge in [0.1, 0.15) is 52.6 Å². The summed E-state index contributed by atoms with van der Waals surface area (Å²) in [5.41, 5.74) is 9.18. The van der Waals surface area contributed by atoms with Gasteiger partial charge in [-0.05, 0) is 212 Å². The molecule has 0 saturated carbocycles. The van der Waals surface area contributed by atoms with Gasteiger partial charge in [0, 0.05) is 95.3 Å². The molecule has 0 aliphatic heterocycles. The van der Waals surface area contributed by atoms with Crippen LogP contribution in [-0.4, -0.2) is 75.8 Å². The first kappa shape index (κ1) is 83.5. The predicted molar refractivity (Wildman–Crippen MR) is 395 cm³/mol. The monoisotopic (exact) mass is 1610 g/mol. The standard InChI is InChI=1S/C26H23ClN2O4.C19H17ClN2O4.C18H16ClN3O4.C13H9ClO3.CH3.ClH.Pd/c1-18(16-25(30)31-17-19-5-3-2-4-6-19)15-24-28-29-26(33-24)20-7-11-22(12-8-20)32-23-13-9-21(27)10-14-23;1-12(11-18(23)24)10-17-21-22-19(26-17)13-2-6-15(7-3-13)25-16-8-4-14(20)5-9-16;19-12-3-7-15(8-4-12)25-14-5-1-11(2-6-14)18-22-21-16(26-18)9-13(20)10-17(23)24;14-10-3-7-12(8-4-10)17-11-5-1-9(2-6-11)13(15)16;;;/h2-14,18H,15-17H2,1H3;2-9,12H,10-11H2,1H3,(H,23,24);1-8,13H,9-10,20H2,(H,23,24);1-8H,(H,15,16);1H3;1H;/q;;;;-1;;/t18-;12-;13-;;;;/m111..../s1. The number of carboxylic acid groups (broad SMARTS) is 3. The molecule has 5 N–H and O–H groups in total. The molecule has 12 aromatic rings. The molecule has 0 aliphatic rings. The summed E-state index contributed by atoms with van der Waals surface area (Å²) in [5, 5.41) is 53.0. The molecule has 22 nitrogen and oxygen atoms in total. The van der Waals surface area contributed by atoms with Gasteiger partial charge in [-0.1, -0.05) is 90.6 Å². The van der Waals surface area contributed by atoms with Crippen molar-refractivity contribution in [2.45, 2.75) is 65.0 Å². The van der Waals surface area contributed by atoms with E-state index in [-0.39, 0.29) is 95.9 Å². The number of nitrogens with two attached hydrogens (primary N) is 1. The van der Waals surface area contributed by atoms with E-state index in [0.717, 1.165) is 22.3 Å². The van der Waals surface area contributed by atoms with Crippen molar-refractivity contribution in [1.29, 1.82) is 0 Å². The Hall–Kier alpha value is -10.4. The Morgan fingerprint density at radius 2 is 0.686 bits per heavy atom. The Bertz CT molecular complexity index is 4470. The molecule has 0 unspecified atom stereocenters. The van der Waals surface area contributed by atoms with E-state index in [1.54, 1.807) is 146 Å². The summed E-state index contributed by atoms with van der Waals surface area (Å²) in [6.07, 6.45) is 1.31. The average Bonchev–Trinajstić information content (AvgIpc) is 1.75. The Morgan fingerprint density at radius 3 is 0.990 bits per heavy atom. The molecule has 0 amide bonds. The molecule has 105 heavy (non-hydrogen) atoms. The molecule has 0 spiro atoms. The normalized spacial score (nSPS) is 11.2. The zero-order valence-corrected chi connectivity index (χ0v) is 61.7. The number of hydrogen-bond acceptors (Lipinski definition) is 19. The predicted octanol–water partition coefficient (Wildman–Crippen LogP) is 19.6. The summed E-state index contributed by atoms with van der Waals surface area (Å²) in [6.45, 7) is 4.06. The average molecular weight is 1620 g/mol. The van der Waals surface area contributed by atoms with Crippen LogP contribution in [0.5, 0.6) is 46.0 Å². The molecule has 3 heterocycles. The maximum atomic E-state index is 12.1. The van der Waals surface area contributed by atoms with Crippen LogP contribution in [0.2, 0.25) is 20.1 Å². The van der Waals surface area contributed by atoms with Gasteiger partial charge >= 0.3 is 23.9 Å². The first-order valence-electron chi connectivity index (χ1n) is 31.4. The van der Waals surface area contributed by atoms with E-state index >= 15 is 0 Å². The minimum absolute atomic E-state index is 0. The number of nitrogens with zero attached hydrogens (tertiary/aromatic N) is 6. The van der Waals surface area contributed by atoms with Crippen molar-refractivity contribution in [1.82, 2.24) is 30.6 Å². The van der Waals surface area contributed by atoms with Gasteiger partial charge in [0.05, 0.1) is 12.0 Å². The molecule has 28 heteroatoms. The zero-order chi connectivity index (χ0) is 72.3. The summed E-state index contributed by atoms with van der Waals surface area (Å²) in [4.78, 5) is 44.1. The second-order valence-corrected chi connectivity index (χ2v) is 24.5. The summed E-state index contributed by atoms with van der Waals surface area (Å²) < 4.78 is 45.1. The van der Waals surface area contributed by atoms with Gasteiger partial charge in [-0.25, -0.2) is 4.79 Å². The van der Waals surface area contributed by atoms with Crippen LogP contribution in [0.4, 0.5) is 0 Å². The third-order valence-corrected chi connectivity index (χ3v) is 15.2. The van der Waals surface area contributed by atoms with Crippen molar-refractivity contribution >= 4 is 82.7 Å². The molecule has 9 aromatic carbocycles. The molecule has 0 fully saturated rings. The minimum Gasteiger partial charge on any atom is -0.481 e. The zero-order valence-electron chi connectivity index (χ0n) is 56.3. The molecule has 12 rings (SSSR count). The van der Waals surface area contributed by atoms with Gasteiger partial charge in [-0.15, -0.1) is 43.0 Å². The first-order chi connectivity index (χ1) is 49.2. The number of ether oxygens (including phenoxy) is 5. The van der Waals surface area contributed by atoms with Crippen LogP contribution < -0.4 is 24.7 Å². The van der Waals surface area contributed by atoms with E-state index in [2.05, 4.69) is 30.6 Å². The number of carboxylic acids is 3. The quantitative estimate of drug-likeness (QED) is 0.0222. The molecule has 3 aromatic heterocycles. The van der Waals surface area contributed by atoms with Crippen LogP contribution in [0.3, 0.4) is 0 Å². The number of halogens is 5. The maximum Gasteiger partial charge on any atom is 0.335 e. The number of carbonyl (C=O) groups is 4. The number of aromatic carboxylic acids is 1. The summed E-state index contributed by atoms with van der Waals surface area (Å²) in [7, 11) is 0. The maximum absolute atomic E-state index is 12.1. The number of esters is 1.